The first-order valence-corrected chi connectivity index (χ1v) is 12.1. The summed E-state index contributed by atoms with van der Waals surface area (Å²) >= 11 is 0. The molecule has 0 N–H and O–H groups in total. The molecule has 3 aliphatic rings. The number of hydrogen-bond acceptors (Lipinski definition) is 2. The van der Waals surface area contributed by atoms with Gasteiger partial charge in [-0.2, -0.15) is 0 Å². The van der Waals surface area contributed by atoms with Crippen LogP contribution in [0, 0.1) is 5.41 Å². The summed E-state index contributed by atoms with van der Waals surface area (Å²) in [6.07, 6.45) is 7.40. The van der Waals surface area contributed by atoms with E-state index in [2.05, 4.69) is 47.0 Å². The Morgan fingerprint density at radius 1 is 1.09 bits per heavy atom. The molecule has 0 radical (unpaired) electrons. The van der Waals surface area contributed by atoms with Crippen LogP contribution in [0.3, 0.4) is 0 Å². The van der Waals surface area contributed by atoms with Crippen LogP contribution in [0.4, 0.5) is 0 Å². The highest BCUT2D eigenvalue weighted by Gasteiger charge is 2.63. The maximum Gasteiger partial charge on any atom is 0.230 e. The maximum atomic E-state index is 13.5. The first-order chi connectivity index (χ1) is 15.5. The smallest absolute Gasteiger partial charge is 0.230 e. The standard InChI is InChI=1S/C28H32N2O2/c1-29(2)27(31)28-16-23(28)22-15-19(32-3)13-14-20(22)26-25(18-9-5-4-6-10-18)21-11-7-8-12-24(21)30(26)17-28/h7-8,11-15,18,23H,4-6,9-10,16-17H2,1-3H3. The van der Waals surface area contributed by atoms with Crippen molar-refractivity contribution < 1.29 is 9.53 Å². The summed E-state index contributed by atoms with van der Waals surface area (Å²) in [5.74, 6) is 1.97. The van der Waals surface area contributed by atoms with Gasteiger partial charge in [0.1, 0.15) is 5.75 Å². The van der Waals surface area contributed by atoms with Crippen molar-refractivity contribution in [3.05, 3.63) is 53.6 Å². The van der Waals surface area contributed by atoms with E-state index in [0.717, 1.165) is 18.7 Å². The van der Waals surface area contributed by atoms with Crippen LogP contribution in [-0.2, 0) is 11.3 Å². The molecule has 2 atom stereocenters. The number of amides is 1. The lowest BCUT2D eigenvalue weighted by Crippen LogP contribution is -2.34. The molecule has 3 aromatic rings. The van der Waals surface area contributed by atoms with Gasteiger partial charge in [0.05, 0.1) is 18.2 Å². The van der Waals surface area contributed by atoms with Gasteiger partial charge < -0.3 is 14.2 Å². The van der Waals surface area contributed by atoms with Gasteiger partial charge in [-0.25, -0.2) is 0 Å². The minimum atomic E-state index is -0.360. The number of ether oxygens (including phenoxy) is 1. The summed E-state index contributed by atoms with van der Waals surface area (Å²) in [4.78, 5) is 15.3. The van der Waals surface area contributed by atoms with E-state index in [1.165, 1.54) is 65.4 Å². The Morgan fingerprint density at radius 3 is 2.62 bits per heavy atom. The molecule has 2 heterocycles. The Balaban J connectivity index is 1.66. The summed E-state index contributed by atoms with van der Waals surface area (Å²) in [6.45, 7) is 0.758. The SMILES string of the molecule is COc1ccc2c(c1)C1CC1(C(=O)N(C)C)Cn1c-2c(C2CCCCC2)c2ccccc21. The van der Waals surface area contributed by atoms with Crippen molar-refractivity contribution in [3.8, 4) is 17.0 Å². The van der Waals surface area contributed by atoms with Crippen molar-refractivity contribution in [1.29, 1.82) is 0 Å². The molecule has 1 aromatic heterocycles. The number of carbonyl (C=O) groups is 1. The molecule has 0 saturated heterocycles. The van der Waals surface area contributed by atoms with Crippen molar-refractivity contribution in [2.24, 2.45) is 5.41 Å². The third-order valence-corrected chi connectivity index (χ3v) is 8.26. The fourth-order valence-electron chi connectivity index (χ4n) is 6.68. The Bertz CT molecular complexity index is 1220. The van der Waals surface area contributed by atoms with E-state index < -0.39 is 0 Å². The van der Waals surface area contributed by atoms with Crippen LogP contribution in [-0.4, -0.2) is 36.6 Å². The zero-order valence-corrected chi connectivity index (χ0v) is 19.4. The molecule has 2 saturated carbocycles. The van der Waals surface area contributed by atoms with Gasteiger partial charge in [-0.3, -0.25) is 4.79 Å². The second kappa shape index (κ2) is 7.13. The zero-order chi connectivity index (χ0) is 22.0. The van der Waals surface area contributed by atoms with Crippen molar-refractivity contribution in [3.63, 3.8) is 0 Å². The molecule has 32 heavy (non-hydrogen) atoms. The van der Waals surface area contributed by atoms with Crippen LogP contribution >= 0.6 is 0 Å². The third kappa shape index (κ3) is 2.71. The van der Waals surface area contributed by atoms with E-state index in [1.54, 1.807) is 12.0 Å². The van der Waals surface area contributed by atoms with Gasteiger partial charge >= 0.3 is 0 Å². The maximum absolute atomic E-state index is 13.5. The van der Waals surface area contributed by atoms with Crippen LogP contribution in [0.5, 0.6) is 5.75 Å². The number of hydrogen-bond donors (Lipinski definition) is 0. The van der Waals surface area contributed by atoms with Gasteiger partial charge in [0.25, 0.3) is 0 Å². The van der Waals surface area contributed by atoms with E-state index in [4.69, 9.17) is 4.74 Å². The van der Waals surface area contributed by atoms with Gasteiger partial charge in [0.15, 0.2) is 0 Å². The molecule has 166 valence electrons. The molecule has 1 amide bonds. The number of methoxy groups -OCH3 is 1. The van der Waals surface area contributed by atoms with Crippen LogP contribution in [0.2, 0.25) is 0 Å². The fourth-order valence-corrected chi connectivity index (χ4v) is 6.68. The molecule has 0 spiro atoms. The van der Waals surface area contributed by atoms with Crippen molar-refractivity contribution >= 4 is 16.8 Å². The summed E-state index contributed by atoms with van der Waals surface area (Å²) in [6, 6.07) is 15.4. The van der Waals surface area contributed by atoms with Crippen LogP contribution in [0.15, 0.2) is 42.5 Å². The quantitative estimate of drug-likeness (QED) is 0.517. The molecule has 2 aromatic carbocycles. The van der Waals surface area contributed by atoms with Crippen molar-refractivity contribution in [2.45, 2.75) is 56.9 Å². The average molecular weight is 429 g/mol. The van der Waals surface area contributed by atoms with Gasteiger partial charge in [0, 0.05) is 43.0 Å². The van der Waals surface area contributed by atoms with E-state index >= 15 is 0 Å². The molecule has 2 aliphatic carbocycles. The summed E-state index contributed by atoms with van der Waals surface area (Å²) < 4.78 is 8.12. The van der Waals surface area contributed by atoms with E-state index in [1.807, 2.05) is 14.1 Å². The van der Waals surface area contributed by atoms with Crippen molar-refractivity contribution in [2.75, 3.05) is 21.2 Å². The second-order valence-corrected chi connectivity index (χ2v) is 10.3. The molecular weight excluding hydrogens is 396 g/mol. The number of para-hydroxylation sites is 1. The highest BCUT2D eigenvalue weighted by molar-refractivity contribution is 5.96. The van der Waals surface area contributed by atoms with Gasteiger partial charge in [-0.15, -0.1) is 0 Å². The zero-order valence-electron chi connectivity index (χ0n) is 19.4. The summed E-state index contributed by atoms with van der Waals surface area (Å²) in [5, 5.41) is 1.38. The summed E-state index contributed by atoms with van der Waals surface area (Å²) in [5.41, 5.74) is 6.39. The number of fused-ring (bicyclic) bond motifs is 7. The third-order valence-electron chi connectivity index (χ3n) is 8.26. The monoisotopic (exact) mass is 428 g/mol. The first kappa shape index (κ1) is 19.9. The predicted molar refractivity (Wildman–Crippen MR) is 128 cm³/mol. The van der Waals surface area contributed by atoms with Gasteiger partial charge in [-0.1, -0.05) is 37.5 Å². The molecular formula is C28H32N2O2. The molecule has 0 bridgehead atoms. The molecule has 6 rings (SSSR count). The minimum absolute atomic E-state index is 0.250. The highest BCUT2D eigenvalue weighted by atomic mass is 16.5. The molecule has 2 unspecified atom stereocenters. The van der Waals surface area contributed by atoms with Gasteiger partial charge in [-0.05, 0) is 60.6 Å². The Kier molecular flexibility index (Phi) is 4.43. The van der Waals surface area contributed by atoms with Crippen molar-refractivity contribution in [1.82, 2.24) is 9.47 Å². The van der Waals surface area contributed by atoms with Gasteiger partial charge in [0.2, 0.25) is 5.91 Å². The minimum Gasteiger partial charge on any atom is -0.497 e. The van der Waals surface area contributed by atoms with Crippen LogP contribution in [0.1, 0.15) is 61.5 Å². The Morgan fingerprint density at radius 2 is 1.88 bits per heavy atom. The molecule has 4 heteroatoms. The number of rotatable bonds is 3. The fraction of sp³-hybridized carbons (Fsp3) is 0.464. The molecule has 1 aliphatic heterocycles. The molecule has 4 nitrogen and oxygen atoms in total. The predicted octanol–water partition coefficient (Wildman–Crippen LogP) is 5.94. The van der Waals surface area contributed by atoms with Crippen LogP contribution < -0.4 is 4.74 Å². The average Bonchev–Trinajstić information content (AvgIpc) is 3.49. The number of aromatic nitrogens is 1. The lowest BCUT2D eigenvalue weighted by Gasteiger charge is -2.24. The lowest BCUT2D eigenvalue weighted by molar-refractivity contribution is -0.135. The normalized spacial score (nSPS) is 24.3. The van der Waals surface area contributed by atoms with E-state index in [-0.39, 0.29) is 17.2 Å². The number of nitrogens with zero attached hydrogens (tertiary/aromatic N) is 2. The lowest BCUT2D eigenvalue weighted by atomic mass is 9.81. The first-order valence-electron chi connectivity index (χ1n) is 12.1. The van der Waals surface area contributed by atoms with E-state index in [9.17, 15) is 4.79 Å². The van der Waals surface area contributed by atoms with E-state index in [0.29, 0.717) is 5.92 Å². The number of carbonyl (C=O) groups excluding carboxylic acids is 1. The Labute approximate surface area is 190 Å². The Hall–Kier alpha value is -2.75. The largest absolute Gasteiger partial charge is 0.497 e. The summed E-state index contributed by atoms with van der Waals surface area (Å²) in [7, 11) is 5.52. The molecule has 2 fully saturated rings. The highest BCUT2D eigenvalue weighted by Crippen LogP contribution is 2.66. The second-order valence-electron chi connectivity index (χ2n) is 10.3. The number of benzene rings is 2. The topological polar surface area (TPSA) is 34.5 Å². The van der Waals surface area contributed by atoms with Crippen LogP contribution in [0.25, 0.3) is 22.2 Å².